The van der Waals surface area contributed by atoms with Gasteiger partial charge >= 0.3 is 0 Å². The first kappa shape index (κ1) is 10.2. The molecule has 1 atom stereocenters. The fourth-order valence-electron chi connectivity index (χ4n) is 2.61. The van der Waals surface area contributed by atoms with Crippen LogP contribution < -0.4 is 0 Å². The van der Waals surface area contributed by atoms with Crippen LogP contribution in [0, 0.1) is 16.7 Å². The van der Waals surface area contributed by atoms with E-state index in [2.05, 4.69) is 20.8 Å². The van der Waals surface area contributed by atoms with E-state index in [9.17, 15) is 0 Å². The number of allylic oxidation sites excluding steroid dienone is 2. The van der Waals surface area contributed by atoms with Crippen LogP contribution in [0.3, 0.4) is 0 Å². The normalized spacial score (nSPS) is 28.1. The number of isocyanates is 1. The molecule has 1 N–H and O–H groups in total. The van der Waals surface area contributed by atoms with Crippen molar-refractivity contribution in [2.24, 2.45) is 11.3 Å². The van der Waals surface area contributed by atoms with Crippen LogP contribution in [0.2, 0.25) is 0 Å². The van der Waals surface area contributed by atoms with Gasteiger partial charge in [-0.15, -0.1) is 0 Å². The molecule has 3 aliphatic carbocycles. The van der Waals surface area contributed by atoms with E-state index >= 15 is 0 Å². The Bertz CT molecular complexity index is 270. The van der Waals surface area contributed by atoms with Crippen molar-refractivity contribution in [2.45, 2.75) is 40.0 Å². The van der Waals surface area contributed by atoms with Crippen molar-refractivity contribution in [2.75, 3.05) is 0 Å². The van der Waals surface area contributed by atoms with E-state index in [0.29, 0.717) is 5.41 Å². The molecule has 0 aromatic carbocycles. The van der Waals surface area contributed by atoms with Gasteiger partial charge in [0.15, 0.2) is 0 Å². The monoisotopic (exact) mass is 179 g/mol. The zero-order chi connectivity index (χ0) is 10.1. The highest BCUT2D eigenvalue weighted by molar-refractivity contribution is 5.32. The SMILES string of the molecule is CC1=C2CC(CC1)C2(C)C.N=C=O. The zero-order valence-corrected chi connectivity index (χ0v) is 8.61. The number of rotatable bonds is 0. The summed E-state index contributed by atoms with van der Waals surface area (Å²) in [6, 6.07) is 0. The van der Waals surface area contributed by atoms with Gasteiger partial charge in [-0.2, -0.15) is 0 Å². The molecule has 0 aliphatic heterocycles. The molecular weight excluding hydrogens is 162 g/mol. The third-order valence-corrected chi connectivity index (χ3v) is 3.63. The third kappa shape index (κ3) is 1.59. The summed E-state index contributed by atoms with van der Waals surface area (Å²) in [5.41, 5.74) is 4.04. The van der Waals surface area contributed by atoms with Crippen LogP contribution >= 0.6 is 0 Å². The standard InChI is InChI=1S/C10H16.CHNO/c1-7-4-5-8-6-9(7)10(8,2)3;2-1-3/h8H,4-6H2,1-3H3;2H. The van der Waals surface area contributed by atoms with Crippen LogP contribution in [0.25, 0.3) is 0 Å². The predicted molar refractivity (Wildman–Crippen MR) is 52.2 cm³/mol. The third-order valence-electron chi connectivity index (χ3n) is 3.63. The molecule has 0 aromatic rings. The molecule has 0 radical (unpaired) electrons. The van der Waals surface area contributed by atoms with Crippen molar-refractivity contribution in [3.8, 4) is 0 Å². The maximum atomic E-state index is 8.35. The Morgan fingerprint density at radius 2 is 2.08 bits per heavy atom. The highest BCUT2D eigenvalue weighted by atomic mass is 16.1. The molecule has 2 nitrogen and oxygen atoms in total. The van der Waals surface area contributed by atoms with Gasteiger partial charge in [0.1, 0.15) is 0 Å². The van der Waals surface area contributed by atoms with Crippen LogP contribution in [-0.2, 0) is 4.79 Å². The summed E-state index contributed by atoms with van der Waals surface area (Å²) < 4.78 is 0. The number of nitrogens with one attached hydrogen (secondary N) is 1. The van der Waals surface area contributed by atoms with E-state index in [1.165, 1.54) is 19.3 Å². The highest BCUT2D eigenvalue weighted by Crippen LogP contribution is 2.58. The lowest BCUT2D eigenvalue weighted by Crippen LogP contribution is -2.41. The second-order valence-corrected chi connectivity index (χ2v) is 4.52. The van der Waals surface area contributed by atoms with E-state index < -0.39 is 0 Å². The first-order valence-electron chi connectivity index (χ1n) is 4.77. The summed E-state index contributed by atoms with van der Waals surface area (Å²) in [5, 5.41) is 5.40. The van der Waals surface area contributed by atoms with Crippen molar-refractivity contribution in [3.63, 3.8) is 0 Å². The molecule has 0 spiro atoms. The van der Waals surface area contributed by atoms with Crippen molar-refractivity contribution < 1.29 is 4.79 Å². The highest BCUT2D eigenvalue weighted by Gasteiger charge is 2.46. The van der Waals surface area contributed by atoms with Gasteiger partial charge in [0.25, 0.3) is 0 Å². The van der Waals surface area contributed by atoms with Gasteiger partial charge in [-0.05, 0) is 37.5 Å². The number of hydrogen-bond donors (Lipinski definition) is 1. The minimum Gasteiger partial charge on any atom is -0.222 e. The van der Waals surface area contributed by atoms with Gasteiger partial charge in [0.2, 0.25) is 6.08 Å². The average molecular weight is 179 g/mol. The fourth-order valence-corrected chi connectivity index (χ4v) is 2.61. The topological polar surface area (TPSA) is 40.9 Å². The van der Waals surface area contributed by atoms with Crippen LogP contribution in [0.4, 0.5) is 0 Å². The molecule has 2 heteroatoms. The Morgan fingerprint density at radius 1 is 1.54 bits per heavy atom. The average Bonchev–Trinajstić information content (AvgIpc) is 2.05. The summed E-state index contributed by atoms with van der Waals surface area (Å²) in [7, 11) is 0. The fraction of sp³-hybridized carbons (Fsp3) is 0.727. The molecule has 2 bridgehead atoms. The van der Waals surface area contributed by atoms with E-state index in [1.54, 1.807) is 11.1 Å². The molecule has 0 amide bonds. The maximum Gasteiger partial charge on any atom is 0.231 e. The maximum absolute atomic E-state index is 8.35. The molecule has 0 aromatic heterocycles. The Hall–Kier alpha value is -0.880. The Balaban J connectivity index is 0.000000251. The Kier molecular flexibility index (Phi) is 2.72. The Labute approximate surface area is 79.5 Å². The summed E-state index contributed by atoms with van der Waals surface area (Å²) in [6.45, 7) is 7.12. The molecular formula is C11H17NO. The molecule has 3 aliphatic rings. The molecule has 72 valence electrons. The smallest absolute Gasteiger partial charge is 0.222 e. The van der Waals surface area contributed by atoms with Crippen molar-refractivity contribution in [1.29, 1.82) is 5.41 Å². The lowest BCUT2D eigenvalue weighted by atomic mass is 9.52. The first-order chi connectivity index (χ1) is 6.04. The number of carbonyl (C=O) groups excluding carboxylic acids is 1. The first-order valence-corrected chi connectivity index (χ1v) is 4.77. The van der Waals surface area contributed by atoms with Crippen molar-refractivity contribution in [3.05, 3.63) is 11.1 Å². The minimum absolute atomic E-state index is 0.586. The summed E-state index contributed by atoms with van der Waals surface area (Å²) >= 11 is 0. The Morgan fingerprint density at radius 3 is 2.31 bits per heavy atom. The number of fused-ring (bicyclic) bond motifs is 2. The van der Waals surface area contributed by atoms with Crippen LogP contribution in [-0.4, -0.2) is 6.08 Å². The predicted octanol–water partition coefficient (Wildman–Crippen LogP) is 3.04. The minimum atomic E-state index is 0.586. The lowest BCUT2D eigenvalue weighted by Gasteiger charge is -2.52. The van der Waals surface area contributed by atoms with Gasteiger partial charge in [0.05, 0.1) is 0 Å². The second kappa shape index (κ2) is 3.47. The van der Waals surface area contributed by atoms with Crippen LogP contribution in [0.1, 0.15) is 40.0 Å². The summed E-state index contributed by atoms with van der Waals surface area (Å²) in [4.78, 5) is 8.35. The van der Waals surface area contributed by atoms with Crippen molar-refractivity contribution in [1.82, 2.24) is 0 Å². The van der Waals surface area contributed by atoms with Gasteiger partial charge in [0, 0.05) is 0 Å². The molecule has 13 heavy (non-hydrogen) atoms. The van der Waals surface area contributed by atoms with E-state index in [-0.39, 0.29) is 0 Å². The molecule has 1 saturated carbocycles. The van der Waals surface area contributed by atoms with Gasteiger partial charge < -0.3 is 0 Å². The largest absolute Gasteiger partial charge is 0.231 e. The van der Waals surface area contributed by atoms with E-state index in [0.717, 1.165) is 12.0 Å². The second-order valence-electron chi connectivity index (χ2n) is 4.52. The zero-order valence-electron chi connectivity index (χ0n) is 8.61. The van der Waals surface area contributed by atoms with Gasteiger partial charge in [-0.1, -0.05) is 25.0 Å². The summed E-state index contributed by atoms with van der Waals surface area (Å²) in [5.74, 6) is 1.02. The molecule has 0 heterocycles. The van der Waals surface area contributed by atoms with Gasteiger partial charge in [-0.25, -0.2) is 10.2 Å². The summed E-state index contributed by atoms with van der Waals surface area (Å²) in [6.07, 6.45) is 4.99. The van der Waals surface area contributed by atoms with E-state index in [1.807, 2.05) is 0 Å². The van der Waals surface area contributed by atoms with Crippen LogP contribution in [0.15, 0.2) is 11.1 Å². The van der Waals surface area contributed by atoms with Crippen LogP contribution in [0.5, 0.6) is 0 Å². The van der Waals surface area contributed by atoms with E-state index in [4.69, 9.17) is 10.2 Å². The van der Waals surface area contributed by atoms with Crippen molar-refractivity contribution >= 4 is 6.08 Å². The van der Waals surface area contributed by atoms with Gasteiger partial charge in [-0.3, -0.25) is 0 Å². The molecule has 3 rings (SSSR count). The molecule has 1 fully saturated rings. The lowest BCUT2D eigenvalue weighted by molar-refractivity contribution is 0.133. The number of hydrogen-bond acceptors (Lipinski definition) is 2. The molecule has 0 saturated heterocycles. The molecule has 1 unspecified atom stereocenters. The quantitative estimate of drug-likeness (QED) is 0.346.